The molecule has 0 saturated heterocycles. The highest BCUT2D eigenvalue weighted by Crippen LogP contribution is 2.25. The highest BCUT2D eigenvalue weighted by Gasteiger charge is 2.19. The molecule has 2 rings (SSSR count). The summed E-state index contributed by atoms with van der Waals surface area (Å²) in [6.45, 7) is 6.90. The lowest BCUT2D eigenvalue weighted by molar-refractivity contribution is 0.104. The lowest BCUT2D eigenvalue weighted by atomic mass is 10.1. The zero-order chi connectivity index (χ0) is 10.1. The second-order valence-corrected chi connectivity index (χ2v) is 4.85. The summed E-state index contributed by atoms with van der Waals surface area (Å²) >= 11 is 3.51. The number of nitrogens with zero attached hydrogens (tertiary/aromatic N) is 2. The molecule has 0 N–H and O–H groups in total. The average Bonchev–Trinajstić information content (AvgIpc) is 2.44. The molecule has 3 nitrogen and oxygen atoms in total. The van der Waals surface area contributed by atoms with Crippen LogP contribution in [0.2, 0.25) is 0 Å². The van der Waals surface area contributed by atoms with Crippen LogP contribution in [0, 0.1) is 5.92 Å². The Morgan fingerprint density at radius 2 is 2.36 bits per heavy atom. The van der Waals surface area contributed by atoms with Gasteiger partial charge in [-0.15, -0.1) is 0 Å². The maximum Gasteiger partial charge on any atom is 0.131 e. The van der Waals surface area contributed by atoms with Crippen molar-refractivity contribution in [2.75, 3.05) is 6.61 Å². The fourth-order valence-corrected chi connectivity index (χ4v) is 2.37. The van der Waals surface area contributed by atoms with Crippen LogP contribution in [-0.2, 0) is 24.3 Å². The predicted octanol–water partition coefficient (Wildman–Crippen LogP) is 2.37. The van der Waals surface area contributed by atoms with Crippen molar-refractivity contribution in [2.24, 2.45) is 5.92 Å². The SMILES string of the molecule is CC(C)Cn1nc(Br)c2c1COCC2. The van der Waals surface area contributed by atoms with Gasteiger partial charge in [0.05, 0.1) is 18.9 Å². The van der Waals surface area contributed by atoms with Gasteiger partial charge in [-0.05, 0) is 21.8 Å². The summed E-state index contributed by atoms with van der Waals surface area (Å²) in [6, 6.07) is 0. The van der Waals surface area contributed by atoms with Gasteiger partial charge in [0.25, 0.3) is 0 Å². The van der Waals surface area contributed by atoms with Crippen LogP contribution in [0.15, 0.2) is 4.60 Å². The molecule has 1 aromatic rings. The maximum atomic E-state index is 5.45. The van der Waals surface area contributed by atoms with Crippen LogP contribution in [0.4, 0.5) is 0 Å². The molecule has 0 unspecified atom stereocenters. The van der Waals surface area contributed by atoms with Gasteiger partial charge in [-0.25, -0.2) is 0 Å². The maximum absolute atomic E-state index is 5.45. The van der Waals surface area contributed by atoms with Gasteiger partial charge >= 0.3 is 0 Å². The van der Waals surface area contributed by atoms with Crippen LogP contribution in [0.1, 0.15) is 25.1 Å². The van der Waals surface area contributed by atoms with Crippen molar-refractivity contribution in [3.8, 4) is 0 Å². The Balaban J connectivity index is 2.31. The first-order chi connectivity index (χ1) is 6.68. The molecule has 1 aliphatic heterocycles. The van der Waals surface area contributed by atoms with E-state index >= 15 is 0 Å². The Bertz CT molecular complexity index is 333. The van der Waals surface area contributed by atoms with Crippen LogP contribution >= 0.6 is 15.9 Å². The number of rotatable bonds is 2. The molecule has 1 aliphatic rings. The summed E-state index contributed by atoms with van der Waals surface area (Å²) < 4.78 is 8.52. The number of aromatic nitrogens is 2. The van der Waals surface area contributed by atoms with Crippen LogP contribution in [0.5, 0.6) is 0 Å². The molecule has 0 spiro atoms. The van der Waals surface area contributed by atoms with Gasteiger partial charge in [-0.2, -0.15) is 5.10 Å². The molecule has 78 valence electrons. The third kappa shape index (κ3) is 1.86. The summed E-state index contributed by atoms with van der Waals surface area (Å²) in [7, 11) is 0. The summed E-state index contributed by atoms with van der Waals surface area (Å²) in [6.07, 6.45) is 0.980. The van der Waals surface area contributed by atoms with Gasteiger partial charge < -0.3 is 4.74 Å². The molecule has 0 fully saturated rings. The highest BCUT2D eigenvalue weighted by atomic mass is 79.9. The minimum atomic E-state index is 0.618. The van der Waals surface area contributed by atoms with Crippen LogP contribution in [0.25, 0.3) is 0 Å². The first-order valence-electron chi connectivity index (χ1n) is 5.00. The molecule has 2 heterocycles. The van der Waals surface area contributed by atoms with Crippen LogP contribution < -0.4 is 0 Å². The van der Waals surface area contributed by atoms with Gasteiger partial charge in [0, 0.05) is 18.5 Å². The monoisotopic (exact) mass is 258 g/mol. The van der Waals surface area contributed by atoms with E-state index in [4.69, 9.17) is 4.74 Å². The zero-order valence-corrected chi connectivity index (χ0v) is 10.2. The summed E-state index contributed by atoms with van der Waals surface area (Å²) in [5, 5.41) is 4.49. The number of ether oxygens (including phenoxy) is 1. The Kier molecular flexibility index (Phi) is 2.93. The second kappa shape index (κ2) is 4.03. The second-order valence-electron chi connectivity index (χ2n) is 4.09. The molecular formula is C10H15BrN2O. The number of hydrogen-bond donors (Lipinski definition) is 0. The molecule has 0 aromatic carbocycles. The first-order valence-corrected chi connectivity index (χ1v) is 5.79. The van der Waals surface area contributed by atoms with Crippen LogP contribution in [-0.4, -0.2) is 16.4 Å². The molecule has 0 atom stereocenters. The Hall–Kier alpha value is -0.350. The fourth-order valence-electron chi connectivity index (χ4n) is 1.75. The summed E-state index contributed by atoms with van der Waals surface area (Å²) in [5.74, 6) is 0.618. The van der Waals surface area contributed by atoms with E-state index in [-0.39, 0.29) is 0 Å². The molecule has 0 bridgehead atoms. The molecule has 0 amide bonds. The highest BCUT2D eigenvalue weighted by molar-refractivity contribution is 9.10. The zero-order valence-electron chi connectivity index (χ0n) is 8.59. The number of halogens is 1. The third-order valence-corrected chi connectivity index (χ3v) is 3.03. The predicted molar refractivity (Wildman–Crippen MR) is 58.1 cm³/mol. The first kappa shape index (κ1) is 10.2. The quantitative estimate of drug-likeness (QED) is 0.815. The van der Waals surface area contributed by atoms with E-state index in [1.807, 2.05) is 0 Å². The van der Waals surface area contributed by atoms with Gasteiger partial charge in [0.2, 0.25) is 0 Å². The van der Waals surface area contributed by atoms with Crippen molar-refractivity contribution in [1.29, 1.82) is 0 Å². The summed E-state index contributed by atoms with van der Waals surface area (Å²) in [5.41, 5.74) is 2.58. The molecule has 4 heteroatoms. The van der Waals surface area contributed by atoms with E-state index < -0.39 is 0 Å². The van der Waals surface area contributed by atoms with Crippen molar-refractivity contribution in [3.63, 3.8) is 0 Å². The van der Waals surface area contributed by atoms with Gasteiger partial charge in [0.15, 0.2) is 0 Å². The molecular weight excluding hydrogens is 244 g/mol. The molecule has 0 radical (unpaired) electrons. The summed E-state index contributed by atoms with van der Waals surface area (Å²) in [4.78, 5) is 0. The fraction of sp³-hybridized carbons (Fsp3) is 0.700. The van der Waals surface area contributed by atoms with Gasteiger partial charge in [0.1, 0.15) is 4.60 Å². The Morgan fingerprint density at radius 1 is 1.57 bits per heavy atom. The van der Waals surface area contributed by atoms with Crippen molar-refractivity contribution >= 4 is 15.9 Å². The van der Waals surface area contributed by atoms with Crippen molar-refractivity contribution in [1.82, 2.24) is 9.78 Å². The number of hydrogen-bond acceptors (Lipinski definition) is 2. The Labute approximate surface area is 92.6 Å². The van der Waals surface area contributed by atoms with E-state index in [0.29, 0.717) is 12.5 Å². The third-order valence-electron chi connectivity index (χ3n) is 2.39. The lowest BCUT2D eigenvalue weighted by Gasteiger charge is -2.15. The minimum absolute atomic E-state index is 0.618. The molecule has 0 aliphatic carbocycles. The minimum Gasteiger partial charge on any atom is -0.375 e. The molecule has 14 heavy (non-hydrogen) atoms. The van der Waals surface area contributed by atoms with Gasteiger partial charge in [-0.1, -0.05) is 13.8 Å². The standard InChI is InChI=1S/C10H15BrN2O/c1-7(2)5-13-9-6-14-4-3-8(9)10(11)12-13/h7H,3-6H2,1-2H3. The normalized spacial score (nSPS) is 16.0. The topological polar surface area (TPSA) is 27.1 Å². The molecule has 0 saturated carbocycles. The average molecular weight is 259 g/mol. The van der Waals surface area contributed by atoms with E-state index in [9.17, 15) is 0 Å². The molecule has 1 aromatic heterocycles. The van der Waals surface area contributed by atoms with E-state index in [1.54, 1.807) is 0 Å². The van der Waals surface area contributed by atoms with E-state index in [1.165, 1.54) is 11.3 Å². The smallest absolute Gasteiger partial charge is 0.131 e. The lowest BCUT2D eigenvalue weighted by Crippen LogP contribution is -2.15. The Morgan fingerprint density at radius 3 is 3.07 bits per heavy atom. The van der Waals surface area contributed by atoms with Crippen molar-refractivity contribution in [3.05, 3.63) is 15.9 Å². The van der Waals surface area contributed by atoms with E-state index in [0.717, 1.165) is 24.2 Å². The van der Waals surface area contributed by atoms with Crippen molar-refractivity contribution in [2.45, 2.75) is 33.4 Å². The largest absolute Gasteiger partial charge is 0.375 e. The van der Waals surface area contributed by atoms with Crippen LogP contribution in [0.3, 0.4) is 0 Å². The van der Waals surface area contributed by atoms with Gasteiger partial charge in [-0.3, -0.25) is 4.68 Å². The number of fused-ring (bicyclic) bond motifs is 1. The van der Waals surface area contributed by atoms with Crippen molar-refractivity contribution < 1.29 is 4.74 Å². The van der Waals surface area contributed by atoms with E-state index in [2.05, 4.69) is 39.6 Å².